The number of nitrogens with one attached hydrogen (secondary N) is 1. The summed E-state index contributed by atoms with van der Waals surface area (Å²) in [7, 11) is 0. The van der Waals surface area contributed by atoms with Gasteiger partial charge in [-0.1, -0.05) is 37.1 Å². The van der Waals surface area contributed by atoms with E-state index in [9.17, 15) is 22.8 Å². The number of carbonyl (C=O) groups is 2. The van der Waals surface area contributed by atoms with Crippen LogP contribution in [-0.4, -0.2) is 24.0 Å². The SMILES string of the molecule is O=C(NC1CCCC1)[C@@H](c1cccs1)N(C(=O)C(F)(F)F)c1ccccc1. The number of amides is 2. The van der Waals surface area contributed by atoms with Gasteiger partial charge in [-0.2, -0.15) is 13.2 Å². The molecule has 8 heteroatoms. The van der Waals surface area contributed by atoms with E-state index in [1.807, 2.05) is 0 Å². The summed E-state index contributed by atoms with van der Waals surface area (Å²) in [6, 6.07) is 9.28. The second-order valence-electron chi connectivity index (χ2n) is 6.42. The van der Waals surface area contributed by atoms with Crippen molar-refractivity contribution < 1.29 is 22.8 Å². The first-order chi connectivity index (χ1) is 12.9. The lowest BCUT2D eigenvalue weighted by Gasteiger charge is -2.31. The fourth-order valence-electron chi connectivity index (χ4n) is 3.28. The molecule has 2 amide bonds. The van der Waals surface area contributed by atoms with E-state index in [0.717, 1.165) is 37.0 Å². The Balaban J connectivity index is 2.02. The Morgan fingerprint density at radius 2 is 1.74 bits per heavy atom. The molecule has 2 aromatic rings. The molecular weight excluding hydrogens is 377 g/mol. The van der Waals surface area contributed by atoms with Crippen LogP contribution in [0, 0.1) is 0 Å². The lowest BCUT2D eigenvalue weighted by atomic mass is 10.1. The first kappa shape index (κ1) is 19.4. The van der Waals surface area contributed by atoms with E-state index in [0.29, 0.717) is 9.78 Å². The monoisotopic (exact) mass is 396 g/mol. The van der Waals surface area contributed by atoms with Crippen molar-refractivity contribution in [2.75, 3.05) is 4.90 Å². The number of hydrogen-bond acceptors (Lipinski definition) is 3. The number of para-hydroxylation sites is 1. The number of carbonyl (C=O) groups excluding carboxylic acids is 2. The van der Waals surface area contributed by atoms with Gasteiger partial charge in [0.15, 0.2) is 6.04 Å². The first-order valence-corrected chi connectivity index (χ1v) is 9.55. The second kappa shape index (κ2) is 8.12. The van der Waals surface area contributed by atoms with Gasteiger partial charge >= 0.3 is 12.1 Å². The van der Waals surface area contributed by atoms with Gasteiger partial charge in [0.05, 0.1) is 0 Å². The average Bonchev–Trinajstić information content (AvgIpc) is 3.32. The maximum atomic E-state index is 13.3. The molecule has 1 fully saturated rings. The number of rotatable bonds is 5. The van der Waals surface area contributed by atoms with E-state index >= 15 is 0 Å². The van der Waals surface area contributed by atoms with Crippen LogP contribution in [0.15, 0.2) is 47.8 Å². The van der Waals surface area contributed by atoms with E-state index < -0.39 is 24.0 Å². The van der Waals surface area contributed by atoms with Gasteiger partial charge in [-0.25, -0.2) is 0 Å². The van der Waals surface area contributed by atoms with Gasteiger partial charge < -0.3 is 5.32 Å². The molecular formula is C19H19F3N2O2S. The lowest BCUT2D eigenvalue weighted by molar-refractivity contribution is -0.171. The van der Waals surface area contributed by atoms with Crippen molar-refractivity contribution >= 4 is 28.8 Å². The topological polar surface area (TPSA) is 49.4 Å². The quantitative estimate of drug-likeness (QED) is 0.812. The molecule has 1 atom stereocenters. The Morgan fingerprint density at radius 1 is 1.07 bits per heavy atom. The van der Waals surface area contributed by atoms with E-state index in [1.165, 1.54) is 24.3 Å². The molecule has 144 valence electrons. The van der Waals surface area contributed by atoms with Gasteiger partial charge in [0, 0.05) is 16.6 Å². The normalized spacial score (nSPS) is 16.1. The second-order valence-corrected chi connectivity index (χ2v) is 7.40. The molecule has 0 unspecified atom stereocenters. The molecule has 1 aromatic carbocycles. The summed E-state index contributed by atoms with van der Waals surface area (Å²) in [5.41, 5.74) is 0.0276. The average molecular weight is 396 g/mol. The van der Waals surface area contributed by atoms with Crippen molar-refractivity contribution in [3.8, 4) is 0 Å². The predicted molar refractivity (Wildman–Crippen MR) is 97.4 cm³/mol. The summed E-state index contributed by atoms with van der Waals surface area (Å²) in [5, 5.41) is 4.50. The summed E-state index contributed by atoms with van der Waals surface area (Å²) < 4.78 is 40.0. The highest BCUT2D eigenvalue weighted by Gasteiger charge is 2.47. The summed E-state index contributed by atoms with van der Waals surface area (Å²) in [4.78, 5) is 26.2. The molecule has 1 N–H and O–H groups in total. The van der Waals surface area contributed by atoms with E-state index in [4.69, 9.17) is 0 Å². The third-order valence-corrected chi connectivity index (χ3v) is 5.44. The molecule has 1 aliphatic rings. The van der Waals surface area contributed by atoms with E-state index in [1.54, 1.807) is 23.6 Å². The molecule has 1 saturated carbocycles. The number of nitrogens with zero attached hydrogens (tertiary/aromatic N) is 1. The zero-order valence-electron chi connectivity index (χ0n) is 14.4. The van der Waals surface area contributed by atoms with Crippen LogP contribution in [0.25, 0.3) is 0 Å². The summed E-state index contributed by atoms with van der Waals surface area (Å²) >= 11 is 1.15. The third kappa shape index (κ3) is 4.50. The first-order valence-electron chi connectivity index (χ1n) is 8.67. The fourth-order valence-corrected chi connectivity index (χ4v) is 4.09. The van der Waals surface area contributed by atoms with Crippen molar-refractivity contribution in [3.63, 3.8) is 0 Å². The number of hydrogen-bond donors (Lipinski definition) is 1. The maximum Gasteiger partial charge on any atom is 0.471 e. The Hall–Kier alpha value is -2.35. The van der Waals surface area contributed by atoms with Crippen molar-refractivity contribution in [2.45, 2.75) is 43.9 Å². The van der Waals surface area contributed by atoms with Crippen LogP contribution < -0.4 is 10.2 Å². The van der Waals surface area contributed by atoms with Crippen LogP contribution in [0.2, 0.25) is 0 Å². The van der Waals surface area contributed by atoms with Crippen LogP contribution in [0.5, 0.6) is 0 Å². The number of thiophene rings is 1. The lowest BCUT2D eigenvalue weighted by Crippen LogP contribution is -2.50. The zero-order valence-corrected chi connectivity index (χ0v) is 15.2. The molecule has 27 heavy (non-hydrogen) atoms. The van der Waals surface area contributed by atoms with E-state index in [-0.39, 0.29) is 11.7 Å². The molecule has 0 saturated heterocycles. The standard InChI is InChI=1S/C19H19F3N2O2S/c20-19(21,22)18(26)24(14-9-2-1-3-10-14)16(15-11-6-12-27-15)17(25)23-13-7-4-5-8-13/h1-3,6,9-13,16H,4-5,7-8H2,(H,23,25)/t16-/m1/s1. The zero-order chi connectivity index (χ0) is 19.4. The minimum Gasteiger partial charge on any atom is -0.351 e. The van der Waals surface area contributed by atoms with Crippen LogP contribution in [0.4, 0.5) is 18.9 Å². The summed E-state index contributed by atoms with van der Waals surface area (Å²) in [6.07, 6.45) is -1.57. The Kier molecular flexibility index (Phi) is 5.84. The van der Waals surface area contributed by atoms with Crippen molar-refractivity contribution in [3.05, 3.63) is 52.7 Å². The van der Waals surface area contributed by atoms with Gasteiger partial charge in [0.1, 0.15) is 0 Å². The fraction of sp³-hybridized carbons (Fsp3) is 0.368. The van der Waals surface area contributed by atoms with E-state index in [2.05, 4.69) is 5.32 Å². The van der Waals surface area contributed by atoms with Gasteiger partial charge in [-0.05, 0) is 36.4 Å². The number of alkyl halides is 3. The largest absolute Gasteiger partial charge is 0.471 e. The predicted octanol–water partition coefficient (Wildman–Crippen LogP) is 4.44. The van der Waals surface area contributed by atoms with Crippen LogP contribution in [-0.2, 0) is 9.59 Å². The van der Waals surface area contributed by atoms with Crippen LogP contribution in [0.1, 0.15) is 36.6 Å². The third-order valence-electron chi connectivity index (χ3n) is 4.52. The highest BCUT2D eigenvalue weighted by atomic mass is 32.1. The van der Waals surface area contributed by atoms with Gasteiger partial charge in [0.25, 0.3) is 0 Å². The minimum atomic E-state index is -5.10. The highest BCUT2D eigenvalue weighted by molar-refractivity contribution is 7.10. The van der Waals surface area contributed by atoms with Gasteiger partial charge in [-0.15, -0.1) is 11.3 Å². The molecule has 3 rings (SSSR count). The molecule has 0 bridgehead atoms. The molecule has 1 aromatic heterocycles. The summed E-state index contributed by atoms with van der Waals surface area (Å²) in [5.74, 6) is -2.65. The molecule has 1 aliphatic carbocycles. The molecule has 1 heterocycles. The Morgan fingerprint density at radius 3 is 2.30 bits per heavy atom. The molecule has 4 nitrogen and oxygen atoms in total. The smallest absolute Gasteiger partial charge is 0.351 e. The molecule has 0 radical (unpaired) electrons. The molecule has 0 spiro atoms. The van der Waals surface area contributed by atoms with Crippen molar-refractivity contribution in [1.29, 1.82) is 0 Å². The Labute approximate surface area is 159 Å². The van der Waals surface area contributed by atoms with Crippen molar-refractivity contribution in [2.24, 2.45) is 0 Å². The molecule has 0 aliphatic heterocycles. The number of benzene rings is 1. The Bertz CT molecular complexity index is 772. The maximum absolute atomic E-state index is 13.3. The number of halogens is 3. The van der Waals surface area contributed by atoms with Crippen LogP contribution >= 0.6 is 11.3 Å². The van der Waals surface area contributed by atoms with Crippen LogP contribution in [0.3, 0.4) is 0 Å². The number of anilines is 1. The van der Waals surface area contributed by atoms with Gasteiger partial charge in [0.2, 0.25) is 5.91 Å². The summed E-state index contributed by atoms with van der Waals surface area (Å²) in [6.45, 7) is 0. The highest BCUT2D eigenvalue weighted by Crippen LogP contribution is 2.34. The minimum absolute atomic E-state index is 0.0276. The van der Waals surface area contributed by atoms with Gasteiger partial charge in [-0.3, -0.25) is 14.5 Å². The van der Waals surface area contributed by atoms with Crippen molar-refractivity contribution in [1.82, 2.24) is 5.32 Å².